The number of nitrogens with zero attached hydrogens (tertiary/aromatic N) is 1. The number of Topliss-reactive ketones (excluding diaryl/α,β-unsaturated/α-hetero) is 1. The second kappa shape index (κ2) is 21.1. The predicted molar refractivity (Wildman–Crippen MR) is 181 cm³/mol. The lowest BCUT2D eigenvalue weighted by molar-refractivity contribution is -0.128. The maximum Gasteiger partial charge on any atom is 0.227 e. The van der Waals surface area contributed by atoms with Crippen LogP contribution in [0.2, 0.25) is 0 Å². The first-order valence-corrected chi connectivity index (χ1v) is 16.3. The quantitative estimate of drug-likeness (QED) is 0.195. The van der Waals surface area contributed by atoms with Gasteiger partial charge >= 0.3 is 0 Å². The summed E-state index contributed by atoms with van der Waals surface area (Å²) in [4.78, 5) is 51.0. The lowest BCUT2D eigenvalue weighted by Crippen LogP contribution is -2.43. The Morgan fingerprint density at radius 3 is 1.94 bits per heavy atom. The van der Waals surface area contributed by atoms with Crippen LogP contribution in [0.25, 0.3) is 12.2 Å². The van der Waals surface area contributed by atoms with Gasteiger partial charge in [-0.15, -0.1) is 0 Å². The second-order valence-electron chi connectivity index (χ2n) is 11.5. The summed E-state index contributed by atoms with van der Waals surface area (Å²) >= 11 is 0. The highest BCUT2D eigenvalue weighted by molar-refractivity contribution is 5.98. The summed E-state index contributed by atoms with van der Waals surface area (Å²) in [5.74, 6) is -0.525. The van der Waals surface area contributed by atoms with Crippen LogP contribution >= 0.6 is 0 Å². The van der Waals surface area contributed by atoms with Gasteiger partial charge in [0, 0.05) is 25.8 Å². The first-order valence-electron chi connectivity index (χ1n) is 16.3. The Balaban J connectivity index is 1.17. The summed E-state index contributed by atoms with van der Waals surface area (Å²) < 4.78 is 21.8. The molecule has 3 amide bonds. The fourth-order valence-corrected chi connectivity index (χ4v) is 4.99. The molecule has 2 aromatic carbocycles. The lowest BCUT2D eigenvalue weighted by atomic mass is 10.0. The average Bonchev–Trinajstić information content (AvgIpc) is 3.05. The number of ether oxygens (including phenoxy) is 4. The van der Waals surface area contributed by atoms with E-state index in [1.165, 1.54) is 6.92 Å². The number of para-hydroxylation sites is 1. The highest BCUT2D eigenvalue weighted by atomic mass is 16.6. The van der Waals surface area contributed by atoms with Crippen LogP contribution in [0.1, 0.15) is 56.7 Å². The number of benzene rings is 2. The van der Waals surface area contributed by atoms with Crippen molar-refractivity contribution in [1.29, 1.82) is 0 Å². The number of hydrogen-bond acceptors (Lipinski definition) is 8. The molecule has 47 heavy (non-hydrogen) atoms. The van der Waals surface area contributed by atoms with E-state index in [4.69, 9.17) is 18.9 Å². The van der Waals surface area contributed by atoms with Gasteiger partial charge in [-0.2, -0.15) is 0 Å². The number of amides is 3. The number of nitrogens with one attached hydrogen (secondary N) is 2. The van der Waals surface area contributed by atoms with E-state index in [0.717, 1.165) is 22.4 Å². The van der Waals surface area contributed by atoms with E-state index in [9.17, 15) is 19.2 Å². The van der Waals surface area contributed by atoms with E-state index in [0.29, 0.717) is 59.3 Å². The molecule has 1 aliphatic rings. The molecule has 0 saturated carbocycles. The molecular weight excluding hydrogens is 602 g/mol. The van der Waals surface area contributed by atoms with Crippen LogP contribution in [0, 0.1) is 5.92 Å². The smallest absolute Gasteiger partial charge is 0.227 e. The van der Waals surface area contributed by atoms with Gasteiger partial charge in [0.15, 0.2) is 5.78 Å². The third-order valence-electron chi connectivity index (χ3n) is 7.50. The van der Waals surface area contributed by atoms with Crippen LogP contribution in [0.3, 0.4) is 0 Å². The predicted octanol–water partition coefficient (Wildman–Crippen LogP) is 3.79. The molecule has 0 unspecified atom stereocenters. The van der Waals surface area contributed by atoms with Crippen LogP contribution < -0.4 is 15.5 Å². The minimum absolute atomic E-state index is 0.0413. The number of rotatable bonds is 21. The largest absolute Gasteiger partial charge is 0.379 e. The molecule has 256 valence electrons. The molecule has 2 N–H and O–H groups in total. The van der Waals surface area contributed by atoms with Crippen molar-refractivity contribution < 1.29 is 38.1 Å². The zero-order valence-corrected chi connectivity index (χ0v) is 27.8. The molecule has 0 fully saturated rings. The van der Waals surface area contributed by atoms with Crippen LogP contribution in [0.5, 0.6) is 0 Å². The summed E-state index contributed by atoms with van der Waals surface area (Å²) in [6.45, 7) is 8.95. The third kappa shape index (κ3) is 13.8. The molecule has 2 aromatic rings. The number of carbonyl (C=O) groups excluding carboxylic acids is 4. The van der Waals surface area contributed by atoms with Crippen LogP contribution in [0.4, 0.5) is 5.69 Å². The highest BCUT2D eigenvalue weighted by Crippen LogP contribution is 2.29. The second-order valence-corrected chi connectivity index (χ2v) is 11.5. The van der Waals surface area contributed by atoms with E-state index in [-0.39, 0.29) is 55.3 Å². The van der Waals surface area contributed by atoms with Gasteiger partial charge in [-0.25, -0.2) is 0 Å². The Hall–Kier alpha value is -3.90. The first kappa shape index (κ1) is 37.6. The number of carbonyl (C=O) groups is 4. The Kier molecular flexibility index (Phi) is 16.8. The molecule has 3 rings (SSSR count). The molecule has 0 bridgehead atoms. The van der Waals surface area contributed by atoms with Gasteiger partial charge in [-0.05, 0) is 35.6 Å². The van der Waals surface area contributed by atoms with Gasteiger partial charge in [-0.3, -0.25) is 19.2 Å². The van der Waals surface area contributed by atoms with Crippen molar-refractivity contribution in [1.82, 2.24) is 10.6 Å². The number of hydrogen-bond donors (Lipinski definition) is 2. The van der Waals surface area contributed by atoms with Crippen LogP contribution in [0.15, 0.2) is 48.5 Å². The SMILES string of the molecule is CC(=O)[C@@H](NC(=O)CCOCCOCCOCCOCCNC(=O)CCC(=O)N1Cc2ccccc2/C=C\c2ccccc21)C(C)C. The Morgan fingerprint density at radius 2 is 1.28 bits per heavy atom. The summed E-state index contributed by atoms with van der Waals surface area (Å²) in [5.41, 5.74) is 3.92. The molecule has 0 aromatic heterocycles. The van der Waals surface area contributed by atoms with Crippen molar-refractivity contribution >= 4 is 41.3 Å². The van der Waals surface area contributed by atoms with Gasteiger partial charge < -0.3 is 34.5 Å². The third-order valence-corrected chi connectivity index (χ3v) is 7.50. The summed E-state index contributed by atoms with van der Waals surface area (Å²) in [7, 11) is 0. The average molecular weight is 652 g/mol. The normalized spacial score (nSPS) is 13.6. The highest BCUT2D eigenvalue weighted by Gasteiger charge is 2.22. The fourth-order valence-electron chi connectivity index (χ4n) is 4.99. The zero-order chi connectivity index (χ0) is 33.9. The van der Waals surface area contributed by atoms with E-state index < -0.39 is 6.04 Å². The summed E-state index contributed by atoms with van der Waals surface area (Å²) in [5, 5.41) is 5.54. The van der Waals surface area contributed by atoms with Gasteiger partial charge in [0.25, 0.3) is 0 Å². The van der Waals surface area contributed by atoms with Crippen molar-refractivity contribution in [3.63, 3.8) is 0 Å². The molecule has 0 aliphatic carbocycles. The Morgan fingerprint density at radius 1 is 0.702 bits per heavy atom. The molecule has 11 nitrogen and oxygen atoms in total. The van der Waals surface area contributed by atoms with Gasteiger partial charge in [0.1, 0.15) is 0 Å². The molecule has 11 heteroatoms. The molecule has 0 radical (unpaired) electrons. The zero-order valence-electron chi connectivity index (χ0n) is 27.8. The number of fused-ring (bicyclic) bond motifs is 2. The van der Waals surface area contributed by atoms with Crippen molar-refractivity contribution in [3.05, 3.63) is 65.2 Å². The summed E-state index contributed by atoms with van der Waals surface area (Å²) in [6.07, 6.45) is 4.48. The van der Waals surface area contributed by atoms with Gasteiger partial charge in [-0.1, -0.05) is 68.5 Å². The van der Waals surface area contributed by atoms with E-state index in [2.05, 4.69) is 16.7 Å². The topological polar surface area (TPSA) is 133 Å². The van der Waals surface area contributed by atoms with Crippen molar-refractivity contribution in [2.24, 2.45) is 5.92 Å². The van der Waals surface area contributed by atoms with Gasteiger partial charge in [0.2, 0.25) is 17.7 Å². The fraction of sp³-hybridized carbons (Fsp3) is 0.500. The molecule has 1 aliphatic heterocycles. The van der Waals surface area contributed by atoms with Crippen LogP contribution in [-0.4, -0.2) is 88.9 Å². The molecule has 1 atom stereocenters. The minimum atomic E-state index is -0.470. The van der Waals surface area contributed by atoms with E-state index >= 15 is 0 Å². The number of anilines is 1. The van der Waals surface area contributed by atoms with Gasteiger partial charge in [0.05, 0.1) is 71.1 Å². The van der Waals surface area contributed by atoms with Crippen molar-refractivity contribution in [3.8, 4) is 0 Å². The maximum atomic E-state index is 13.3. The maximum absolute atomic E-state index is 13.3. The Labute approximate surface area is 278 Å². The minimum Gasteiger partial charge on any atom is -0.379 e. The lowest BCUT2D eigenvalue weighted by Gasteiger charge is -2.27. The van der Waals surface area contributed by atoms with Crippen LogP contribution in [-0.2, 0) is 44.7 Å². The Bertz CT molecular complexity index is 1330. The monoisotopic (exact) mass is 651 g/mol. The molecule has 0 saturated heterocycles. The molecule has 1 heterocycles. The first-order chi connectivity index (χ1) is 22.8. The molecular formula is C36H49N3O8. The summed E-state index contributed by atoms with van der Waals surface area (Å²) in [6, 6.07) is 15.3. The van der Waals surface area contributed by atoms with Crippen molar-refractivity contribution in [2.45, 2.75) is 52.6 Å². The standard InChI is InChI=1S/C36H49N3O8/c1-27(2)36(28(3)40)38-34(42)16-18-44-20-22-46-24-25-47-23-21-45-19-17-37-33(41)14-15-35(43)39-26-31-10-5-4-8-29(31)12-13-30-9-6-7-11-32(30)39/h4-13,27,36H,14-26H2,1-3H3,(H,37,41)(H,38,42)/b13-12-/t36-/m0/s1. The molecule has 0 spiro atoms. The van der Waals surface area contributed by atoms with E-state index in [1.54, 1.807) is 4.90 Å². The van der Waals surface area contributed by atoms with Crippen molar-refractivity contribution in [2.75, 3.05) is 64.3 Å². The van der Waals surface area contributed by atoms with E-state index in [1.807, 2.05) is 68.5 Å². The number of ketones is 1.